The van der Waals surface area contributed by atoms with Gasteiger partial charge in [-0.05, 0) is 48.7 Å². The molecule has 2 N–H and O–H groups in total. The molecule has 7 nitrogen and oxygen atoms in total. The second-order valence-electron chi connectivity index (χ2n) is 6.46. The number of nitrogens with one attached hydrogen (secondary N) is 1. The molecule has 0 aliphatic carbocycles. The molecule has 1 aromatic carbocycles. The van der Waals surface area contributed by atoms with E-state index in [4.69, 9.17) is 4.74 Å². The minimum absolute atomic E-state index is 0.0916. The maximum absolute atomic E-state index is 11.3. The van der Waals surface area contributed by atoms with Crippen LogP contribution in [0.3, 0.4) is 0 Å². The van der Waals surface area contributed by atoms with Crippen molar-refractivity contribution in [3.05, 3.63) is 42.0 Å². The average molecular weight is 368 g/mol. The predicted molar refractivity (Wildman–Crippen MR) is 104 cm³/mol. The van der Waals surface area contributed by atoms with Crippen LogP contribution in [0.2, 0.25) is 0 Å². The van der Waals surface area contributed by atoms with E-state index in [2.05, 4.69) is 20.4 Å². The van der Waals surface area contributed by atoms with E-state index in [0.717, 1.165) is 37.4 Å². The number of hydrogen-bond donors (Lipinski definition) is 2. The molecule has 1 aliphatic heterocycles. The number of amides is 1. The molecule has 1 aromatic heterocycles. The summed E-state index contributed by atoms with van der Waals surface area (Å²) in [6.07, 6.45) is 5.01. The predicted octanol–water partition coefficient (Wildman–Crippen LogP) is 2.22. The van der Waals surface area contributed by atoms with E-state index in [1.165, 1.54) is 6.08 Å². The van der Waals surface area contributed by atoms with Crippen LogP contribution in [0.4, 0.5) is 5.82 Å². The van der Waals surface area contributed by atoms with Gasteiger partial charge in [0, 0.05) is 45.0 Å². The van der Waals surface area contributed by atoms with Gasteiger partial charge >= 0.3 is 0 Å². The van der Waals surface area contributed by atoms with E-state index in [-0.39, 0.29) is 11.7 Å². The van der Waals surface area contributed by atoms with Crippen molar-refractivity contribution in [2.45, 2.75) is 18.9 Å². The SMILES string of the molecule is CNC(=O)/C=C/c1ccc(-c2ccc(N(C)C3CCOCC3)nn2)c(O)c1. The van der Waals surface area contributed by atoms with Crippen molar-refractivity contribution in [3.63, 3.8) is 0 Å². The Morgan fingerprint density at radius 3 is 2.67 bits per heavy atom. The Hall–Kier alpha value is -2.93. The Morgan fingerprint density at radius 1 is 1.26 bits per heavy atom. The molecule has 27 heavy (non-hydrogen) atoms. The van der Waals surface area contributed by atoms with Crippen LogP contribution in [0.25, 0.3) is 17.3 Å². The molecule has 1 saturated heterocycles. The van der Waals surface area contributed by atoms with E-state index < -0.39 is 0 Å². The van der Waals surface area contributed by atoms with Crippen molar-refractivity contribution in [2.75, 3.05) is 32.2 Å². The van der Waals surface area contributed by atoms with Crippen molar-refractivity contribution >= 4 is 17.8 Å². The van der Waals surface area contributed by atoms with Crippen molar-refractivity contribution in [1.29, 1.82) is 0 Å². The van der Waals surface area contributed by atoms with Crippen LogP contribution >= 0.6 is 0 Å². The number of carbonyl (C=O) groups is 1. The number of ether oxygens (including phenoxy) is 1. The van der Waals surface area contributed by atoms with Gasteiger partial charge in [-0.3, -0.25) is 4.79 Å². The van der Waals surface area contributed by atoms with Gasteiger partial charge in [-0.2, -0.15) is 0 Å². The van der Waals surface area contributed by atoms with Crippen molar-refractivity contribution < 1.29 is 14.6 Å². The Bertz CT molecular complexity index is 814. The van der Waals surface area contributed by atoms with E-state index in [0.29, 0.717) is 17.3 Å². The summed E-state index contributed by atoms with van der Waals surface area (Å²) in [5.74, 6) is 0.692. The lowest BCUT2D eigenvalue weighted by atomic mass is 10.1. The highest BCUT2D eigenvalue weighted by Crippen LogP contribution is 2.29. The standard InChI is InChI=1S/C20H24N4O3/c1-21-20(26)8-4-14-3-5-16(18(25)13-14)17-6-7-19(23-22-17)24(2)15-9-11-27-12-10-15/h3-8,13,15,25H,9-12H2,1-2H3,(H,21,26)/b8-4+. The molecule has 1 aliphatic rings. The Balaban J connectivity index is 1.74. The Labute approximate surface area is 158 Å². The number of carbonyl (C=O) groups excluding carboxylic acids is 1. The van der Waals surface area contributed by atoms with Gasteiger partial charge < -0.3 is 20.1 Å². The highest BCUT2D eigenvalue weighted by molar-refractivity contribution is 5.91. The van der Waals surface area contributed by atoms with E-state index in [1.54, 1.807) is 25.3 Å². The molecule has 1 amide bonds. The Kier molecular flexibility index (Phi) is 6.03. The van der Waals surface area contributed by atoms with Crippen molar-refractivity contribution in [1.82, 2.24) is 15.5 Å². The third-order valence-corrected chi connectivity index (χ3v) is 4.72. The number of aromatic nitrogens is 2. The summed E-state index contributed by atoms with van der Waals surface area (Å²) in [5.41, 5.74) is 1.92. The van der Waals surface area contributed by atoms with Crippen LogP contribution in [-0.4, -0.2) is 54.6 Å². The van der Waals surface area contributed by atoms with Crippen LogP contribution in [0.15, 0.2) is 36.4 Å². The van der Waals surface area contributed by atoms with Crippen LogP contribution in [0, 0.1) is 0 Å². The first-order valence-electron chi connectivity index (χ1n) is 8.96. The summed E-state index contributed by atoms with van der Waals surface area (Å²) in [6.45, 7) is 1.55. The fourth-order valence-electron chi connectivity index (χ4n) is 3.04. The second kappa shape index (κ2) is 8.64. The molecule has 2 aromatic rings. The number of benzene rings is 1. The summed E-state index contributed by atoms with van der Waals surface area (Å²) in [7, 11) is 3.58. The third-order valence-electron chi connectivity index (χ3n) is 4.72. The van der Waals surface area contributed by atoms with Crippen LogP contribution in [-0.2, 0) is 9.53 Å². The number of hydrogen-bond acceptors (Lipinski definition) is 6. The maximum Gasteiger partial charge on any atom is 0.243 e. The van der Waals surface area contributed by atoms with Gasteiger partial charge in [0.2, 0.25) is 5.91 Å². The second-order valence-corrected chi connectivity index (χ2v) is 6.46. The lowest BCUT2D eigenvalue weighted by Crippen LogP contribution is -2.37. The van der Waals surface area contributed by atoms with Gasteiger partial charge in [0.05, 0.1) is 5.69 Å². The topological polar surface area (TPSA) is 87.6 Å². The zero-order valence-electron chi connectivity index (χ0n) is 15.6. The van der Waals surface area contributed by atoms with Crippen LogP contribution in [0.1, 0.15) is 18.4 Å². The zero-order chi connectivity index (χ0) is 19.2. The molecule has 0 bridgehead atoms. The maximum atomic E-state index is 11.3. The summed E-state index contributed by atoms with van der Waals surface area (Å²) >= 11 is 0. The fourth-order valence-corrected chi connectivity index (χ4v) is 3.04. The lowest BCUT2D eigenvalue weighted by molar-refractivity contribution is -0.115. The van der Waals surface area contributed by atoms with E-state index in [1.807, 2.05) is 25.2 Å². The first-order chi connectivity index (χ1) is 13.1. The highest BCUT2D eigenvalue weighted by Gasteiger charge is 2.20. The molecule has 3 rings (SSSR count). The van der Waals surface area contributed by atoms with Crippen LogP contribution < -0.4 is 10.2 Å². The smallest absolute Gasteiger partial charge is 0.243 e. The molecule has 0 atom stereocenters. The first-order valence-corrected chi connectivity index (χ1v) is 8.96. The highest BCUT2D eigenvalue weighted by atomic mass is 16.5. The molecule has 0 spiro atoms. The number of phenolic OH excluding ortho intramolecular Hbond substituents is 1. The van der Waals surface area contributed by atoms with Crippen LogP contribution in [0.5, 0.6) is 5.75 Å². The molecule has 1 fully saturated rings. The normalized spacial score (nSPS) is 15.0. The first kappa shape index (κ1) is 18.8. The zero-order valence-corrected chi connectivity index (χ0v) is 15.6. The molecule has 0 saturated carbocycles. The van der Waals surface area contributed by atoms with Crippen molar-refractivity contribution in [3.8, 4) is 17.0 Å². The number of rotatable bonds is 5. The number of anilines is 1. The summed E-state index contributed by atoms with van der Waals surface area (Å²) < 4.78 is 5.40. The van der Waals surface area contributed by atoms with Gasteiger partial charge in [-0.1, -0.05) is 6.07 Å². The minimum Gasteiger partial charge on any atom is -0.507 e. The van der Waals surface area contributed by atoms with Gasteiger partial charge in [0.1, 0.15) is 5.75 Å². The number of likely N-dealkylation sites (N-methyl/N-ethyl adjacent to an activating group) is 1. The number of aromatic hydroxyl groups is 1. The monoisotopic (exact) mass is 368 g/mol. The number of nitrogens with zero attached hydrogens (tertiary/aromatic N) is 3. The van der Waals surface area contributed by atoms with E-state index >= 15 is 0 Å². The third kappa shape index (κ3) is 4.62. The fraction of sp³-hybridized carbons (Fsp3) is 0.350. The molecule has 0 unspecified atom stereocenters. The van der Waals surface area contributed by atoms with Crippen molar-refractivity contribution in [2.24, 2.45) is 0 Å². The summed E-state index contributed by atoms with van der Waals surface area (Å²) in [6, 6.07) is 9.35. The minimum atomic E-state index is -0.200. The molecule has 2 heterocycles. The molecule has 0 radical (unpaired) electrons. The van der Waals surface area contributed by atoms with Gasteiger partial charge in [-0.25, -0.2) is 0 Å². The number of phenols is 1. The molecule has 7 heteroatoms. The lowest BCUT2D eigenvalue weighted by Gasteiger charge is -2.31. The summed E-state index contributed by atoms with van der Waals surface area (Å²) in [5, 5.41) is 21.4. The van der Waals surface area contributed by atoms with Gasteiger partial charge in [-0.15, -0.1) is 10.2 Å². The summed E-state index contributed by atoms with van der Waals surface area (Å²) in [4.78, 5) is 13.4. The van der Waals surface area contributed by atoms with Gasteiger partial charge in [0.15, 0.2) is 5.82 Å². The molecular weight excluding hydrogens is 344 g/mol. The quantitative estimate of drug-likeness (QED) is 0.787. The van der Waals surface area contributed by atoms with E-state index in [9.17, 15) is 9.90 Å². The van der Waals surface area contributed by atoms with Gasteiger partial charge in [0.25, 0.3) is 0 Å². The average Bonchev–Trinajstić information content (AvgIpc) is 2.72. The Morgan fingerprint density at radius 2 is 2.04 bits per heavy atom. The largest absolute Gasteiger partial charge is 0.507 e. The molecular formula is C20H24N4O3. The molecule has 142 valence electrons.